The first-order valence-electron chi connectivity index (χ1n) is 8.08. The van der Waals surface area contributed by atoms with E-state index >= 15 is 0 Å². The Morgan fingerprint density at radius 1 is 1.31 bits per heavy atom. The molecule has 1 aromatic heterocycles. The summed E-state index contributed by atoms with van der Waals surface area (Å²) in [7, 11) is 1.44. The van der Waals surface area contributed by atoms with Crippen LogP contribution < -0.4 is 9.47 Å². The molecule has 1 aliphatic heterocycles. The van der Waals surface area contributed by atoms with Gasteiger partial charge < -0.3 is 9.47 Å². The second-order valence-electron chi connectivity index (χ2n) is 5.60. The summed E-state index contributed by atoms with van der Waals surface area (Å²) in [4.78, 5) is 39.4. The molecule has 0 unspecified atom stereocenters. The van der Waals surface area contributed by atoms with Crippen LogP contribution in [0.15, 0.2) is 41.4 Å². The molecule has 3 rings (SSSR count). The van der Waals surface area contributed by atoms with Gasteiger partial charge >= 0.3 is 0 Å². The molecule has 10 heteroatoms. The number of amides is 2. The van der Waals surface area contributed by atoms with Crippen LogP contribution in [0.5, 0.6) is 17.4 Å². The zero-order valence-corrected chi connectivity index (χ0v) is 15.8. The van der Waals surface area contributed by atoms with Crippen molar-refractivity contribution in [3.8, 4) is 29.7 Å². The number of imide groups is 1. The molecular formula is C19H13N3O6S. The van der Waals surface area contributed by atoms with E-state index in [0.29, 0.717) is 17.1 Å². The largest absolute Gasteiger partial charge is 0.493 e. The van der Waals surface area contributed by atoms with Gasteiger partial charge in [-0.25, -0.2) is 4.98 Å². The molecule has 0 spiro atoms. The van der Waals surface area contributed by atoms with E-state index in [0.717, 1.165) is 22.9 Å². The highest BCUT2D eigenvalue weighted by Crippen LogP contribution is 2.35. The quantitative estimate of drug-likeness (QED) is 0.307. The fraction of sp³-hybridized carbons (Fsp3) is 0.105. The highest BCUT2D eigenvalue weighted by atomic mass is 32.2. The Bertz CT molecular complexity index is 1060. The Morgan fingerprint density at radius 2 is 2.10 bits per heavy atom. The molecule has 0 aliphatic carbocycles. The number of carbonyl (C=O) groups excluding carboxylic acids is 2. The summed E-state index contributed by atoms with van der Waals surface area (Å²) in [5.74, 6) is 2.65. The summed E-state index contributed by atoms with van der Waals surface area (Å²) >= 11 is 0.806. The number of rotatable bonds is 6. The summed E-state index contributed by atoms with van der Waals surface area (Å²) in [5.41, 5.74) is 0.454. The third-order valence-electron chi connectivity index (χ3n) is 3.75. The number of thioether (sulfide) groups is 1. The monoisotopic (exact) mass is 411 g/mol. The number of aromatic nitrogens is 1. The van der Waals surface area contributed by atoms with Gasteiger partial charge in [-0.3, -0.25) is 24.6 Å². The van der Waals surface area contributed by atoms with Crippen molar-refractivity contribution in [2.75, 3.05) is 13.7 Å². The molecule has 2 aromatic rings. The molecule has 2 heterocycles. The Kier molecular flexibility index (Phi) is 5.80. The van der Waals surface area contributed by atoms with Gasteiger partial charge in [0.25, 0.3) is 16.8 Å². The van der Waals surface area contributed by atoms with Gasteiger partial charge in [0.2, 0.25) is 5.88 Å². The van der Waals surface area contributed by atoms with Crippen molar-refractivity contribution in [2.45, 2.75) is 0 Å². The summed E-state index contributed by atoms with van der Waals surface area (Å²) in [5, 5.41) is 10.3. The van der Waals surface area contributed by atoms with Crippen molar-refractivity contribution in [3.63, 3.8) is 0 Å². The summed E-state index contributed by atoms with van der Waals surface area (Å²) in [6.45, 7) is -0.0830. The maximum absolute atomic E-state index is 12.3. The Balaban J connectivity index is 1.82. The number of nitrogens with zero attached hydrogens (tertiary/aromatic N) is 3. The lowest BCUT2D eigenvalue weighted by Crippen LogP contribution is -2.28. The van der Waals surface area contributed by atoms with Gasteiger partial charge in [0.15, 0.2) is 11.5 Å². The minimum Gasteiger partial charge on any atom is -0.493 e. The van der Waals surface area contributed by atoms with Gasteiger partial charge in [-0.15, -0.1) is 6.42 Å². The van der Waals surface area contributed by atoms with Crippen LogP contribution in [0.2, 0.25) is 0 Å². The van der Waals surface area contributed by atoms with Crippen molar-refractivity contribution in [3.05, 3.63) is 57.1 Å². The topological polar surface area (TPSA) is 112 Å². The molecule has 1 saturated heterocycles. The van der Waals surface area contributed by atoms with Crippen molar-refractivity contribution in [2.24, 2.45) is 0 Å². The average Bonchev–Trinajstić information content (AvgIpc) is 2.97. The molecule has 9 nitrogen and oxygen atoms in total. The fourth-order valence-electron chi connectivity index (χ4n) is 2.39. The summed E-state index contributed by atoms with van der Waals surface area (Å²) in [6, 6.07) is 7.52. The third-order valence-corrected chi connectivity index (χ3v) is 4.66. The first-order chi connectivity index (χ1) is 13.9. The zero-order valence-electron chi connectivity index (χ0n) is 15.0. The molecule has 0 atom stereocenters. The van der Waals surface area contributed by atoms with Crippen LogP contribution in [0.1, 0.15) is 5.56 Å². The normalized spacial score (nSPS) is 14.8. The van der Waals surface area contributed by atoms with E-state index in [1.165, 1.54) is 19.2 Å². The molecule has 0 N–H and O–H groups in total. The standard InChI is InChI=1S/C19H13N3O6S/c1-3-8-21-18(23)16(29-19(21)24)10-12-4-6-14(15(9-12)27-2)28-17-7-5-13(11-20-17)22(25)26/h1,4-7,9-11H,8H2,2H3. The zero-order chi connectivity index (χ0) is 21.0. The van der Waals surface area contributed by atoms with Crippen molar-refractivity contribution >= 4 is 34.7 Å². The van der Waals surface area contributed by atoms with E-state index in [2.05, 4.69) is 10.9 Å². The molecule has 0 radical (unpaired) electrons. The number of hydrogen-bond acceptors (Lipinski definition) is 8. The van der Waals surface area contributed by atoms with E-state index in [1.807, 2.05) is 0 Å². The lowest BCUT2D eigenvalue weighted by atomic mass is 10.2. The van der Waals surface area contributed by atoms with E-state index in [1.54, 1.807) is 24.3 Å². The van der Waals surface area contributed by atoms with E-state index in [4.69, 9.17) is 15.9 Å². The minimum atomic E-state index is -0.558. The highest BCUT2D eigenvalue weighted by Gasteiger charge is 2.34. The number of ether oxygens (including phenoxy) is 2. The minimum absolute atomic E-state index is 0.0830. The molecule has 146 valence electrons. The summed E-state index contributed by atoms with van der Waals surface area (Å²) in [6.07, 6.45) is 7.82. The molecule has 0 bridgehead atoms. The van der Waals surface area contributed by atoms with Gasteiger partial charge in [0.1, 0.15) is 6.20 Å². The lowest BCUT2D eigenvalue weighted by molar-refractivity contribution is -0.385. The molecule has 0 saturated carbocycles. The number of carbonyl (C=O) groups is 2. The number of benzene rings is 1. The molecule has 29 heavy (non-hydrogen) atoms. The highest BCUT2D eigenvalue weighted by molar-refractivity contribution is 8.18. The van der Waals surface area contributed by atoms with Gasteiger partial charge in [-0.05, 0) is 35.5 Å². The van der Waals surface area contributed by atoms with Crippen molar-refractivity contribution in [1.82, 2.24) is 9.88 Å². The van der Waals surface area contributed by atoms with Gasteiger partial charge in [-0.2, -0.15) is 0 Å². The van der Waals surface area contributed by atoms with E-state index in [-0.39, 0.29) is 23.0 Å². The average molecular weight is 411 g/mol. The number of pyridine rings is 1. The smallest absolute Gasteiger partial charge is 0.294 e. The predicted octanol–water partition coefficient (Wildman–Crippen LogP) is 3.46. The molecule has 2 amide bonds. The van der Waals surface area contributed by atoms with Crippen molar-refractivity contribution < 1.29 is 24.0 Å². The summed E-state index contributed by atoms with van der Waals surface area (Å²) < 4.78 is 10.9. The molecular weight excluding hydrogens is 398 g/mol. The number of methoxy groups -OCH3 is 1. The first kappa shape index (κ1) is 19.9. The van der Waals surface area contributed by atoms with Crippen LogP contribution >= 0.6 is 11.8 Å². The molecule has 1 fully saturated rings. The molecule has 1 aliphatic rings. The van der Waals surface area contributed by atoms with Gasteiger partial charge in [0.05, 0.1) is 23.5 Å². The second-order valence-corrected chi connectivity index (χ2v) is 6.59. The van der Waals surface area contributed by atoms with E-state index < -0.39 is 16.1 Å². The maximum Gasteiger partial charge on any atom is 0.294 e. The van der Waals surface area contributed by atoms with E-state index in [9.17, 15) is 19.7 Å². The maximum atomic E-state index is 12.3. The van der Waals surface area contributed by atoms with Crippen LogP contribution in [0, 0.1) is 22.5 Å². The van der Waals surface area contributed by atoms with Gasteiger partial charge in [-0.1, -0.05) is 12.0 Å². The van der Waals surface area contributed by atoms with Gasteiger partial charge in [0, 0.05) is 12.1 Å². The fourth-order valence-corrected chi connectivity index (χ4v) is 3.23. The first-order valence-corrected chi connectivity index (χ1v) is 8.89. The molecule has 1 aromatic carbocycles. The number of terminal acetylenes is 1. The Labute approximate surface area is 169 Å². The van der Waals surface area contributed by atoms with Crippen LogP contribution in [-0.2, 0) is 4.79 Å². The SMILES string of the molecule is C#CCN1C(=O)SC(=Cc2ccc(Oc3ccc([N+](=O)[O-])cn3)c(OC)c2)C1=O. The predicted molar refractivity (Wildman–Crippen MR) is 105 cm³/mol. The number of nitro groups is 1. The van der Waals surface area contributed by atoms with Crippen LogP contribution in [0.4, 0.5) is 10.5 Å². The lowest BCUT2D eigenvalue weighted by Gasteiger charge is -2.10. The van der Waals surface area contributed by atoms with Crippen LogP contribution in [0.25, 0.3) is 6.08 Å². The second kappa shape index (κ2) is 8.45. The Morgan fingerprint density at radius 3 is 2.72 bits per heavy atom. The Hall–Kier alpha value is -3.84. The van der Waals surface area contributed by atoms with Crippen LogP contribution in [0.3, 0.4) is 0 Å². The number of hydrogen-bond donors (Lipinski definition) is 0. The van der Waals surface area contributed by atoms with Crippen LogP contribution in [-0.4, -0.2) is 39.6 Å². The third kappa shape index (κ3) is 4.36. The van der Waals surface area contributed by atoms with Crippen molar-refractivity contribution in [1.29, 1.82) is 0 Å².